The van der Waals surface area contributed by atoms with Gasteiger partial charge in [-0.3, -0.25) is 0 Å². The van der Waals surface area contributed by atoms with Crippen molar-refractivity contribution in [3.05, 3.63) is 119 Å². The number of rotatable bonds is 9. The fraction of sp³-hybridized carbons (Fsp3) is 0.229. The van der Waals surface area contributed by atoms with E-state index in [1.807, 2.05) is 110 Å². The molecule has 0 unspecified atom stereocenters. The van der Waals surface area contributed by atoms with E-state index in [1.54, 1.807) is 25.6 Å². The molecule has 43 heavy (non-hydrogen) atoms. The predicted octanol–water partition coefficient (Wildman–Crippen LogP) is 6.83. The first-order valence-electron chi connectivity index (χ1n) is 14.3. The Labute approximate surface area is 251 Å². The van der Waals surface area contributed by atoms with Crippen LogP contribution in [0.5, 0.6) is 5.75 Å². The molecule has 0 saturated heterocycles. The Morgan fingerprint density at radius 2 is 1.28 bits per heavy atom. The molecule has 3 aromatic carbocycles. The number of methoxy groups -OCH3 is 1. The fourth-order valence-corrected chi connectivity index (χ4v) is 5.56. The highest BCUT2D eigenvalue weighted by Gasteiger charge is 2.43. The lowest BCUT2D eigenvalue weighted by molar-refractivity contribution is -0.139. The van der Waals surface area contributed by atoms with Crippen LogP contribution in [0.25, 0.3) is 16.9 Å². The third kappa shape index (κ3) is 5.68. The largest absolute Gasteiger partial charge is 0.497 e. The molecule has 0 aliphatic carbocycles. The van der Waals surface area contributed by atoms with E-state index in [0.717, 1.165) is 16.9 Å². The number of anilines is 1. The zero-order chi connectivity index (χ0) is 30.5. The van der Waals surface area contributed by atoms with Crippen molar-refractivity contribution in [2.75, 3.05) is 25.2 Å². The van der Waals surface area contributed by atoms with E-state index >= 15 is 0 Å². The molecule has 0 fully saturated rings. The van der Waals surface area contributed by atoms with E-state index in [0.29, 0.717) is 39.5 Å². The minimum atomic E-state index is -0.805. The van der Waals surface area contributed by atoms with E-state index in [9.17, 15) is 9.59 Å². The van der Waals surface area contributed by atoms with Gasteiger partial charge in [0, 0.05) is 34.4 Å². The summed E-state index contributed by atoms with van der Waals surface area (Å²) in [5.74, 6) is -1.13. The highest BCUT2D eigenvalue weighted by Crippen LogP contribution is 2.47. The first-order valence-corrected chi connectivity index (χ1v) is 14.3. The van der Waals surface area contributed by atoms with Crippen LogP contribution in [0.4, 0.5) is 5.69 Å². The Morgan fingerprint density at radius 3 is 1.79 bits per heavy atom. The Morgan fingerprint density at radius 1 is 0.744 bits per heavy atom. The van der Waals surface area contributed by atoms with Crippen LogP contribution in [0, 0.1) is 0 Å². The molecule has 4 aromatic rings. The summed E-state index contributed by atoms with van der Waals surface area (Å²) in [7, 11) is 1.61. The van der Waals surface area contributed by atoms with Crippen LogP contribution >= 0.6 is 0 Å². The quantitative estimate of drug-likeness (QED) is 0.202. The molecule has 0 radical (unpaired) electrons. The van der Waals surface area contributed by atoms with Gasteiger partial charge in [-0.1, -0.05) is 48.5 Å². The topological polar surface area (TPSA) is 82.9 Å². The Kier molecular flexibility index (Phi) is 8.76. The van der Waals surface area contributed by atoms with Crippen molar-refractivity contribution in [3.63, 3.8) is 0 Å². The van der Waals surface area contributed by atoms with Gasteiger partial charge in [-0.2, -0.15) is 5.10 Å². The highest BCUT2D eigenvalue weighted by molar-refractivity contribution is 6.02. The van der Waals surface area contributed by atoms with E-state index < -0.39 is 17.9 Å². The normalized spacial score (nSPS) is 13.7. The molecule has 0 saturated carbocycles. The molecule has 1 aliphatic rings. The number of hydrogen-bond acceptors (Lipinski definition) is 7. The van der Waals surface area contributed by atoms with Gasteiger partial charge in [-0.25, -0.2) is 14.3 Å². The van der Waals surface area contributed by atoms with Crippen LogP contribution in [0.3, 0.4) is 0 Å². The molecule has 2 heterocycles. The van der Waals surface area contributed by atoms with Crippen molar-refractivity contribution < 1.29 is 23.8 Å². The first-order chi connectivity index (χ1) is 20.9. The minimum Gasteiger partial charge on any atom is -0.497 e. The molecular formula is C35H35N3O5. The first kappa shape index (κ1) is 29.4. The second-order valence-electron chi connectivity index (χ2n) is 9.98. The fourth-order valence-electron chi connectivity index (χ4n) is 5.56. The SMILES string of the molecule is CCOC(=O)C1=C(C)N(c2ccc(OC)cc2)C(C)=C(C(=O)OCC)C1c1cn(-c2ccccc2)nc1-c1ccccc1. The van der Waals surface area contributed by atoms with E-state index in [-0.39, 0.29) is 13.2 Å². The molecule has 0 atom stereocenters. The molecule has 0 spiro atoms. The van der Waals surface area contributed by atoms with Gasteiger partial charge in [0.2, 0.25) is 0 Å². The maximum absolute atomic E-state index is 13.9. The van der Waals surface area contributed by atoms with Gasteiger partial charge in [0.1, 0.15) is 5.75 Å². The summed E-state index contributed by atoms with van der Waals surface area (Å²) >= 11 is 0. The standard InChI is InChI=1S/C35H35N3O5/c1-6-42-34(39)30-23(3)38(27-18-20-28(41-5)21-19-27)24(4)31(35(40)43-7-2)32(30)29-22-37(26-16-12-9-13-17-26)36-33(29)25-14-10-8-11-15-25/h8-22,32H,6-7H2,1-5H3. The van der Waals surface area contributed by atoms with Crippen LogP contribution in [-0.2, 0) is 19.1 Å². The van der Waals surface area contributed by atoms with Gasteiger partial charge in [-0.05, 0) is 64.1 Å². The van der Waals surface area contributed by atoms with E-state index in [2.05, 4.69) is 0 Å². The van der Waals surface area contributed by atoms with Gasteiger partial charge in [0.05, 0.1) is 48.8 Å². The average molecular weight is 578 g/mol. The Bertz CT molecular complexity index is 1630. The smallest absolute Gasteiger partial charge is 0.336 e. The lowest BCUT2D eigenvalue weighted by Crippen LogP contribution is -2.35. The van der Waals surface area contributed by atoms with Gasteiger partial charge in [0.25, 0.3) is 0 Å². The maximum Gasteiger partial charge on any atom is 0.336 e. The Hall–Kier alpha value is -5.11. The van der Waals surface area contributed by atoms with Crippen LogP contribution < -0.4 is 9.64 Å². The summed E-state index contributed by atoms with van der Waals surface area (Å²) < 4.78 is 18.4. The molecule has 8 nitrogen and oxygen atoms in total. The van der Waals surface area contributed by atoms with Crippen molar-refractivity contribution in [2.24, 2.45) is 0 Å². The third-order valence-electron chi connectivity index (χ3n) is 7.47. The highest BCUT2D eigenvalue weighted by atomic mass is 16.5. The molecule has 8 heteroatoms. The number of nitrogens with zero attached hydrogens (tertiary/aromatic N) is 3. The Balaban J connectivity index is 1.82. The number of carbonyl (C=O) groups is 2. The van der Waals surface area contributed by atoms with E-state index in [4.69, 9.17) is 19.3 Å². The number of carbonyl (C=O) groups excluding carboxylic acids is 2. The minimum absolute atomic E-state index is 0.178. The molecule has 0 amide bonds. The molecule has 0 bridgehead atoms. The summed E-state index contributed by atoms with van der Waals surface area (Å²) in [5, 5.41) is 4.99. The van der Waals surface area contributed by atoms with Crippen molar-refractivity contribution in [1.29, 1.82) is 0 Å². The zero-order valence-electron chi connectivity index (χ0n) is 25.0. The van der Waals surface area contributed by atoms with Crippen LogP contribution in [0.1, 0.15) is 39.2 Å². The number of esters is 2. The second-order valence-corrected chi connectivity index (χ2v) is 9.98. The summed E-state index contributed by atoms with van der Waals surface area (Å²) in [6, 6.07) is 26.9. The number of aromatic nitrogens is 2. The number of ether oxygens (including phenoxy) is 3. The molecule has 1 aromatic heterocycles. The van der Waals surface area contributed by atoms with Crippen molar-refractivity contribution >= 4 is 17.6 Å². The number of allylic oxidation sites excluding steroid dienone is 2. The molecule has 1 aliphatic heterocycles. The predicted molar refractivity (Wildman–Crippen MR) is 166 cm³/mol. The van der Waals surface area contributed by atoms with Gasteiger partial charge in [-0.15, -0.1) is 0 Å². The van der Waals surface area contributed by atoms with Crippen molar-refractivity contribution in [3.8, 4) is 22.7 Å². The molecule has 0 N–H and O–H groups in total. The second kappa shape index (κ2) is 12.8. The van der Waals surface area contributed by atoms with Crippen LogP contribution in [-0.4, -0.2) is 42.0 Å². The van der Waals surface area contributed by atoms with Crippen molar-refractivity contribution in [2.45, 2.75) is 33.6 Å². The van der Waals surface area contributed by atoms with E-state index in [1.165, 1.54) is 0 Å². The molecular weight excluding hydrogens is 542 g/mol. The van der Waals surface area contributed by atoms with Crippen molar-refractivity contribution in [1.82, 2.24) is 9.78 Å². The molecule has 5 rings (SSSR count). The zero-order valence-corrected chi connectivity index (χ0v) is 25.0. The maximum atomic E-state index is 13.9. The number of hydrogen-bond donors (Lipinski definition) is 0. The van der Waals surface area contributed by atoms with Gasteiger partial charge >= 0.3 is 11.9 Å². The number of para-hydroxylation sites is 1. The van der Waals surface area contributed by atoms with Gasteiger partial charge in [0.15, 0.2) is 0 Å². The lowest BCUT2D eigenvalue weighted by atomic mass is 9.79. The summed E-state index contributed by atoms with van der Waals surface area (Å²) in [4.78, 5) is 29.7. The van der Waals surface area contributed by atoms with Crippen LogP contribution in [0.15, 0.2) is 114 Å². The summed E-state index contributed by atoms with van der Waals surface area (Å²) in [6.45, 7) is 7.64. The number of benzene rings is 3. The lowest BCUT2D eigenvalue weighted by Gasteiger charge is -2.37. The van der Waals surface area contributed by atoms with Gasteiger partial charge < -0.3 is 19.1 Å². The van der Waals surface area contributed by atoms with Crippen LogP contribution in [0.2, 0.25) is 0 Å². The summed E-state index contributed by atoms with van der Waals surface area (Å²) in [5.41, 5.74) is 5.78. The average Bonchev–Trinajstić information content (AvgIpc) is 3.47. The monoisotopic (exact) mass is 577 g/mol. The molecule has 220 valence electrons. The third-order valence-corrected chi connectivity index (χ3v) is 7.47. The summed E-state index contributed by atoms with van der Waals surface area (Å²) in [6.07, 6.45) is 1.89.